The molecule has 0 aliphatic heterocycles. The molecule has 0 aliphatic carbocycles. The van der Waals surface area contributed by atoms with E-state index in [1.54, 1.807) is 18.3 Å². The fourth-order valence-electron chi connectivity index (χ4n) is 7.97. The van der Waals surface area contributed by atoms with Crippen molar-refractivity contribution >= 4 is 54.1 Å². The largest absolute Gasteiger partial charge is 0.456 e. The van der Waals surface area contributed by atoms with Crippen molar-refractivity contribution in [1.29, 1.82) is 0 Å². The van der Waals surface area contributed by atoms with Crippen LogP contribution in [0, 0.1) is 0 Å². The Morgan fingerprint density at radius 1 is 0.418 bits per heavy atom. The Bertz CT molecular complexity index is 3560. The number of hydrogen-bond acceptors (Lipinski definition) is 3. The van der Waals surface area contributed by atoms with Gasteiger partial charge in [0.25, 0.3) is 0 Å². The lowest BCUT2D eigenvalue weighted by atomic mass is 9.88. The van der Waals surface area contributed by atoms with Crippen molar-refractivity contribution in [2.24, 2.45) is 0 Å². The Labute approximate surface area is 326 Å². The minimum absolute atomic E-state index is 0.130. The molecule has 55 heavy (non-hydrogen) atoms. The van der Waals surface area contributed by atoms with Gasteiger partial charge in [-0.05, 0) is 84.9 Å². The molecule has 0 radical (unpaired) electrons. The van der Waals surface area contributed by atoms with E-state index in [0.29, 0.717) is 39.4 Å². The Balaban J connectivity index is 1.09. The fourth-order valence-corrected chi connectivity index (χ4v) is 7.97. The van der Waals surface area contributed by atoms with E-state index in [0.717, 1.165) is 49.0 Å². The smallest absolute Gasteiger partial charge is 0.136 e. The maximum absolute atomic E-state index is 9.51. The van der Waals surface area contributed by atoms with E-state index in [1.807, 2.05) is 78.9 Å². The number of aromatic nitrogens is 2. The quantitative estimate of drug-likeness (QED) is 0.132. The second-order valence-corrected chi connectivity index (χ2v) is 13.6. The van der Waals surface area contributed by atoms with Gasteiger partial charge >= 0.3 is 0 Å². The molecule has 0 amide bonds. The number of hydrogen-bond donors (Lipinski definition) is 0. The molecule has 3 aromatic heterocycles. The molecule has 3 heteroatoms. The van der Waals surface area contributed by atoms with Crippen LogP contribution in [-0.2, 0) is 0 Å². The van der Waals surface area contributed by atoms with Crippen molar-refractivity contribution in [2.45, 2.75) is 0 Å². The third kappa shape index (κ3) is 5.13. The van der Waals surface area contributed by atoms with Gasteiger partial charge in [-0.15, -0.1) is 0 Å². The molecule has 0 fully saturated rings. The molecular formula is C52H32N2O. The molecule has 3 nitrogen and oxygen atoms in total. The average molecular weight is 707 g/mol. The normalized spacial score (nSPS) is 13.2. The van der Waals surface area contributed by atoms with E-state index in [9.17, 15) is 5.48 Å². The molecular weight excluding hydrogens is 669 g/mol. The fraction of sp³-hybridized carbons (Fsp3) is 0. The zero-order chi connectivity index (χ0) is 41.5. The van der Waals surface area contributed by atoms with Gasteiger partial charge in [-0.3, -0.25) is 4.98 Å². The van der Waals surface area contributed by atoms with Crippen LogP contribution in [0.5, 0.6) is 0 Å². The highest BCUT2D eigenvalue weighted by atomic mass is 16.3. The van der Waals surface area contributed by atoms with Crippen LogP contribution in [0.4, 0.5) is 0 Å². The van der Waals surface area contributed by atoms with Gasteiger partial charge in [-0.25, -0.2) is 4.98 Å². The van der Waals surface area contributed by atoms with Crippen LogP contribution in [0.15, 0.2) is 199 Å². The van der Waals surface area contributed by atoms with Crippen LogP contribution in [-0.4, -0.2) is 9.97 Å². The van der Waals surface area contributed by atoms with Crippen LogP contribution in [0.3, 0.4) is 0 Å². The summed E-state index contributed by atoms with van der Waals surface area (Å²) in [6.45, 7) is 0. The Kier molecular flexibility index (Phi) is 5.88. The minimum Gasteiger partial charge on any atom is -0.456 e. The first-order chi connectivity index (χ1) is 29.8. The highest BCUT2D eigenvalue weighted by Gasteiger charge is 2.19. The van der Waals surface area contributed by atoms with Crippen LogP contribution in [0.2, 0.25) is 0 Å². The molecule has 0 N–H and O–H groups in total. The van der Waals surface area contributed by atoms with Gasteiger partial charge < -0.3 is 4.42 Å². The summed E-state index contributed by atoms with van der Waals surface area (Å²) in [7, 11) is 0. The van der Waals surface area contributed by atoms with Gasteiger partial charge in [0.1, 0.15) is 11.5 Å². The van der Waals surface area contributed by atoms with Gasteiger partial charge in [0.05, 0.1) is 25.0 Å². The lowest BCUT2D eigenvalue weighted by Gasteiger charge is -2.16. The summed E-state index contributed by atoms with van der Waals surface area (Å²) in [6, 6.07) is 48.0. The van der Waals surface area contributed by atoms with Crippen LogP contribution in [0.1, 0.15) is 8.22 Å². The topological polar surface area (TPSA) is 38.9 Å². The van der Waals surface area contributed by atoms with E-state index in [2.05, 4.69) is 65.6 Å². The summed E-state index contributed by atoms with van der Waals surface area (Å²) in [6.07, 6.45) is 1.69. The summed E-state index contributed by atoms with van der Waals surface area (Å²) < 4.78 is 61.5. The number of furan rings is 1. The number of rotatable bonds is 5. The number of benzene rings is 8. The van der Waals surface area contributed by atoms with Gasteiger partial charge in [0.15, 0.2) is 0 Å². The van der Waals surface area contributed by atoms with Gasteiger partial charge in [0, 0.05) is 33.7 Å². The standard InChI is InChI=1S/C52H32N2O/c1-2-12-33(13-3-1)49-42-19-6-8-21-44(42)50(45-22-9-7-20-43(45)49)48-30-29-47(55-48)37-15-10-14-36(32-37)38-26-27-41(40-18-5-4-17-39(38)40)46-28-25-35-24-23-34-16-11-31-53-51(34)52(35)54-46/h1-32H/i4D,5D,17D,18D,26D,27D. The first kappa shape index (κ1) is 25.6. The third-order valence-electron chi connectivity index (χ3n) is 10.5. The molecule has 0 unspecified atom stereocenters. The lowest BCUT2D eigenvalue weighted by molar-refractivity contribution is 0.598. The molecule has 0 bridgehead atoms. The van der Waals surface area contributed by atoms with Crippen molar-refractivity contribution in [2.75, 3.05) is 0 Å². The van der Waals surface area contributed by atoms with E-state index in [4.69, 9.17) is 12.1 Å². The summed E-state index contributed by atoms with van der Waals surface area (Å²) in [5, 5.41) is 6.34. The highest BCUT2D eigenvalue weighted by molar-refractivity contribution is 6.21. The molecule has 0 aliphatic rings. The van der Waals surface area contributed by atoms with Crippen molar-refractivity contribution in [3.05, 3.63) is 194 Å². The molecule has 0 atom stereocenters. The SMILES string of the molecule is [2H]c1c([2H])c([2H])c2c(-c3ccc4ccc5cccnc5c4n3)c([2H])c([2H])c(-c3cccc(-c4ccc(-c5c6ccccc6c(-c6ccccc6)c6ccccc56)o4)c3)c2c1[2H]. The monoisotopic (exact) mass is 706 g/mol. The van der Waals surface area contributed by atoms with Crippen molar-refractivity contribution < 1.29 is 12.6 Å². The second-order valence-electron chi connectivity index (χ2n) is 13.6. The molecule has 8 aromatic carbocycles. The lowest BCUT2D eigenvalue weighted by Crippen LogP contribution is -1.91. The first-order valence-electron chi connectivity index (χ1n) is 21.2. The maximum Gasteiger partial charge on any atom is 0.136 e. The second kappa shape index (κ2) is 12.6. The highest BCUT2D eigenvalue weighted by Crippen LogP contribution is 2.45. The van der Waals surface area contributed by atoms with E-state index in [1.165, 1.54) is 0 Å². The average Bonchev–Trinajstić information content (AvgIpc) is 3.80. The molecule has 11 aromatic rings. The summed E-state index contributed by atoms with van der Waals surface area (Å²) in [4.78, 5) is 9.53. The van der Waals surface area contributed by atoms with Crippen molar-refractivity contribution in [1.82, 2.24) is 9.97 Å². The van der Waals surface area contributed by atoms with E-state index < -0.39 is 12.1 Å². The van der Waals surface area contributed by atoms with Crippen molar-refractivity contribution in [3.8, 4) is 56.2 Å². The van der Waals surface area contributed by atoms with E-state index >= 15 is 0 Å². The van der Waals surface area contributed by atoms with Gasteiger partial charge in [-0.1, -0.05) is 158 Å². The summed E-state index contributed by atoms with van der Waals surface area (Å²) in [5.41, 5.74) is 6.47. The molecule has 0 spiro atoms. The number of pyridine rings is 2. The molecule has 3 heterocycles. The van der Waals surface area contributed by atoms with E-state index in [-0.39, 0.29) is 46.1 Å². The predicted octanol–water partition coefficient (Wildman–Crippen LogP) is 14.2. The first-order valence-corrected chi connectivity index (χ1v) is 18.2. The zero-order valence-corrected chi connectivity index (χ0v) is 29.3. The molecule has 11 rings (SSSR count). The van der Waals surface area contributed by atoms with Gasteiger partial charge in [0.2, 0.25) is 0 Å². The summed E-state index contributed by atoms with van der Waals surface area (Å²) >= 11 is 0. The van der Waals surface area contributed by atoms with Crippen LogP contribution >= 0.6 is 0 Å². The summed E-state index contributed by atoms with van der Waals surface area (Å²) in [5.74, 6) is 1.27. The number of fused-ring (bicyclic) bond motifs is 6. The van der Waals surface area contributed by atoms with Crippen molar-refractivity contribution in [3.63, 3.8) is 0 Å². The molecule has 0 saturated carbocycles. The zero-order valence-electron chi connectivity index (χ0n) is 35.3. The Morgan fingerprint density at radius 3 is 1.78 bits per heavy atom. The Hall–Kier alpha value is -7.36. The maximum atomic E-state index is 9.51. The molecule has 0 saturated heterocycles. The minimum atomic E-state index is -0.427. The van der Waals surface area contributed by atoms with Gasteiger partial charge in [-0.2, -0.15) is 0 Å². The predicted molar refractivity (Wildman–Crippen MR) is 229 cm³/mol. The third-order valence-corrected chi connectivity index (χ3v) is 10.5. The van der Waals surface area contributed by atoms with Crippen LogP contribution in [0.25, 0.3) is 110 Å². The number of nitrogens with zero attached hydrogens (tertiary/aromatic N) is 2. The van der Waals surface area contributed by atoms with Crippen LogP contribution < -0.4 is 0 Å². The Morgan fingerprint density at radius 2 is 1.02 bits per heavy atom. The molecule has 256 valence electrons.